The number of likely N-dealkylation sites (N-methyl/N-ethyl adjacent to an activating group) is 1. The van der Waals surface area contributed by atoms with Crippen molar-refractivity contribution in [2.24, 2.45) is 0 Å². The average Bonchev–Trinajstić information content (AvgIpc) is 3.11. The fourth-order valence-electron chi connectivity index (χ4n) is 3.17. The molecule has 3 heterocycles. The minimum Gasteiger partial charge on any atom is -0.436 e. The zero-order chi connectivity index (χ0) is 18.1. The number of fused-ring (bicyclic) bond motifs is 1. The number of benzene rings is 1. The standard InChI is InChI=1S/C19H19ClN4O2/c1-2-23-7-9-24(10-8-23)19(25)13-3-4-17-16(11-13)22-18(26-17)14-5-6-21-12-15(14)20/h3-6,11-12H,2,7-10H2,1H3. The number of carbonyl (C=O) groups excluding carboxylic acids is 1. The van der Waals surface area contributed by atoms with Crippen molar-refractivity contribution in [2.45, 2.75) is 6.92 Å². The van der Waals surface area contributed by atoms with Crippen LogP contribution in [0.5, 0.6) is 0 Å². The highest BCUT2D eigenvalue weighted by Gasteiger charge is 2.22. The van der Waals surface area contributed by atoms with E-state index in [1.54, 1.807) is 36.7 Å². The second kappa shape index (κ2) is 7.05. The van der Waals surface area contributed by atoms with Gasteiger partial charge in [-0.25, -0.2) is 4.98 Å². The molecule has 1 amide bonds. The molecule has 1 aliphatic rings. The summed E-state index contributed by atoms with van der Waals surface area (Å²) in [6.45, 7) is 6.50. The molecule has 0 N–H and O–H groups in total. The first-order valence-corrected chi connectivity index (χ1v) is 9.05. The van der Waals surface area contributed by atoms with Crippen LogP contribution in [0.4, 0.5) is 0 Å². The molecule has 0 aliphatic carbocycles. The summed E-state index contributed by atoms with van der Waals surface area (Å²) in [5.74, 6) is 0.461. The first-order valence-electron chi connectivity index (χ1n) is 8.68. The van der Waals surface area contributed by atoms with E-state index in [1.165, 1.54) is 0 Å². The number of oxazole rings is 1. The molecule has 1 aromatic carbocycles. The maximum absolute atomic E-state index is 12.8. The molecule has 0 bridgehead atoms. The van der Waals surface area contributed by atoms with Crippen molar-refractivity contribution in [3.63, 3.8) is 0 Å². The van der Waals surface area contributed by atoms with Crippen molar-refractivity contribution in [3.05, 3.63) is 47.2 Å². The van der Waals surface area contributed by atoms with E-state index in [-0.39, 0.29) is 5.91 Å². The molecule has 26 heavy (non-hydrogen) atoms. The Kier molecular flexibility index (Phi) is 4.61. The molecule has 134 valence electrons. The number of aromatic nitrogens is 2. The molecular weight excluding hydrogens is 352 g/mol. The van der Waals surface area contributed by atoms with Crippen LogP contribution >= 0.6 is 11.6 Å². The van der Waals surface area contributed by atoms with Gasteiger partial charge >= 0.3 is 0 Å². The number of nitrogens with zero attached hydrogens (tertiary/aromatic N) is 4. The molecule has 6 nitrogen and oxygen atoms in total. The normalized spacial score (nSPS) is 15.5. The number of halogens is 1. The highest BCUT2D eigenvalue weighted by Crippen LogP contribution is 2.29. The second-order valence-electron chi connectivity index (χ2n) is 6.28. The summed E-state index contributed by atoms with van der Waals surface area (Å²) >= 11 is 6.17. The Labute approximate surface area is 156 Å². The largest absolute Gasteiger partial charge is 0.436 e. The van der Waals surface area contributed by atoms with Gasteiger partial charge in [0.1, 0.15) is 5.52 Å². The summed E-state index contributed by atoms with van der Waals surface area (Å²) in [6, 6.07) is 7.12. The molecule has 1 aliphatic heterocycles. The number of amides is 1. The van der Waals surface area contributed by atoms with Crippen LogP contribution in [-0.4, -0.2) is 58.4 Å². The lowest BCUT2D eigenvalue weighted by molar-refractivity contribution is 0.0643. The van der Waals surface area contributed by atoms with Crippen molar-refractivity contribution in [2.75, 3.05) is 32.7 Å². The van der Waals surface area contributed by atoms with Gasteiger partial charge in [0.05, 0.1) is 10.6 Å². The summed E-state index contributed by atoms with van der Waals surface area (Å²) in [4.78, 5) is 25.5. The second-order valence-corrected chi connectivity index (χ2v) is 6.69. The molecule has 0 unspecified atom stereocenters. The van der Waals surface area contributed by atoms with Crippen LogP contribution in [0, 0.1) is 0 Å². The van der Waals surface area contributed by atoms with E-state index in [9.17, 15) is 4.79 Å². The number of piperazine rings is 1. The van der Waals surface area contributed by atoms with Crippen LogP contribution in [0.2, 0.25) is 5.02 Å². The van der Waals surface area contributed by atoms with E-state index in [1.807, 2.05) is 4.90 Å². The Morgan fingerprint density at radius 1 is 1.23 bits per heavy atom. The Morgan fingerprint density at radius 2 is 2.04 bits per heavy atom. The molecular formula is C19H19ClN4O2. The fourth-order valence-corrected chi connectivity index (χ4v) is 3.37. The average molecular weight is 371 g/mol. The van der Waals surface area contributed by atoms with Crippen molar-refractivity contribution >= 4 is 28.6 Å². The SMILES string of the molecule is CCN1CCN(C(=O)c2ccc3oc(-c4ccncc4Cl)nc3c2)CC1. The smallest absolute Gasteiger partial charge is 0.254 e. The summed E-state index contributed by atoms with van der Waals surface area (Å²) in [6.07, 6.45) is 3.19. The van der Waals surface area contributed by atoms with E-state index in [4.69, 9.17) is 16.0 Å². The van der Waals surface area contributed by atoms with Gasteiger partial charge in [-0.15, -0.1) is 0 Å². The van der Waals surface area contributed by atoms with E-state index in [0.29, 0.717) is 33.1 Å². The van der Waals surface area contributed by atoms with Crippen molar-refractivity contribution in [3.8, 4) is 11.5 Å². The molecule has 3 aromatic rings. The number of pyridine rings is 1. The Bertz CT molecular complexity index is 948. The maximum atomic E-state index is 12.8. The van der Waals surface area contributed by atoms with E-state index in [2.05, 4.69) is 21.8 Å². The number of hydrogen-bond acceptors (Lipinski definition) is 5. The summed E-state index contributed by atoms with van der Waals surface area (Å²) in [7, 11) is 0. The maximum Gasteiger partial charge on any atom is 0.254 e. The van der Waals surface area contributed by atoms with Crippen LogP contribution in [0.15, 0.2) is 41.1 Å². The molecule has 4 rings (SSSR count). The minimum absolute atomic E-state index is 0.0362. The predicted molar refractivity (Wildman–Crippen MR) is 100 cm³/mol. The van der Waals surface area contributed by atoms with Gasteiger partial charge in [0.25, 0.3) is 5.91 Å². The molecule has 1 saturated heterocycles. The van der Waals surface area contributed by atoms with Gasteiger partial charge < -0.3 is 14.2 Å². The lowest BCUT2D eigenvalue weighted by Crippen LogP contribution is -2.48. The monoisotopic (exact) mass is 370 g/mol. The highest BCUT2D eigenvalue weighted by molar-refractivity contribution is 6.33. The molecule has 0 atom stereocenters. The quantitative estimate of drug-likeness (QED) is 0.707. The van der Waals surface area contributed by atoms with Crippen LogP contribution in [-0.2, 0) is 0 Å². The Hall–Kier alpha value is -2.44. The number of carbonyl (C=O) groups is 1. The van der Waals surface area contributed by atoms with Gasteiger partial charge in [-0.3, -0.25) is 9.78 Å². The highest BCUT2D eigenvalue weighted by atomic mass is 35.5. The van der Waals surface area contributed by atoms with Gasteiger partial charge in [0.2, 0.25) is 5.89 Å². The topological polar surface area (TPSA) is 62.5 Å². The van der Waals surface area contributed by atoms with Crippen LogP contribution in [0.25, 0.3) is 22.6 Å². The van der Waals surface area contributed by atoms with E-state index in [0.717, 1.165) is 32.7 Å². The molecule has 2 aromatic heterocycles. The Morgan fingerprint density at radius 3 is 2.77 bits per heavy atom. The summed E-state index contributed by atoms with van der Waals surface area (Å²) in [5, 5.41) is 0.476. The van der Waals surface area contributed by atoms with Crippen LogP contribution in [0.1, 0.15) is 17.3 Å². The van der Waals surface area contributed by atoms with Crippen LogP contribution in [0.3, 0.4) is 0 Å². The van der Waals surface area contributed by atoms with E-state index < -0.39 is 0 Å². The number of hydrogen-bond donors (Lipinski definition) is 0. The van der Waals surface area contributed by atoms with Gasteiger partial charge in [-0.1, -0.05) is 18.5 Å². The molecule has 7 heteroatoms. The zero-order valence-corrected chi connectivity index (χ0v) is 15.2. The van der Waals surface area contributed by atoms with Gasteiger partial charge in [-0.2, -0.15) is 0 Å². The first-order chi connectivity index (χ1) is 12.7. The molecule has 0 saturated carbocycles. The molecule has 0 spiro atoms. The van der Waals surface area contributed by atoms with Crippen LogP contribution < -0.4 is 0 Å². The fraction of sp³-hybridized carbons (Fsp3) is 0.316. The minimum atomic E-state index is 0.0362. The third-order valence-electron chi connectivity index (χ3n) is 4.74. The summed E-state index contributed by atoms with van der Waals surface area (Å²) < 4.78 is 5.79. The van der Waals surface area contributed by atoms with Gasteiger partial charge in [-0.05, 0) is 30.8 Å². The molecule has 0 radical (unpaired) electrons. The number of rotatable bonds is 3. The van der Waals surface area contributed by atoms with Crippen molar-refractivity contribution < 1.29 is 9.21 Å². The third kappa shape index (κ3) is 3.18. The Balaban J connectivity index is 1.60. The summed E-state index contributed by atoms with van der Waals surface area (Å²) in [5.41, 5.74) is 2.58. The first kappa shape index (κ1) is 17.0. The lowest BCUT2D eigenvalue weighted by atomic mass is 10.1. The van der Waals surface area contributed by atoms with Gasteiger partial charge in [0, 0.05) is 44.1 Å². The van der Waals surface area contributed by atoms with Crippen molar-refractivity contribution in [1.82, 2.24) is 19.8 Å². The zero-order valence-electron chi connectivity index (χ0n) is 14.5. The van der Waals surface area contributed by atoms with E-state index >= 15 is 0 Å². The molecule has 1 fully saturated rings. The lowest BCUT2D eigenvalue weighted by Gasteiger charge is -2.34. The van der Waals surface area contributed by atoms with Crippen molar-refractivity contribution in [1.29, 1.82) is 0 Å². The van der Waals surface area contributed by atoms with Gasteiger partial charge in [0.15, 0.2) is 5.58 Å². The third-order valence-corrected chi connectivity index (χ3v) is 5.05. The predicted octanol–water partition coefficient (Wildman–Crippen LogP) is 3.32.